The predicted octanol–water partition coefficient (Wildman–Crippen LogP) is 4.32. The Kier molecular flexibility index (Phi) is 5.11. The number of nitrogens with zero attached hydrogens (tertiary/aromatic N) is 1. The lowest BCUT2D eigenvalue weighted by atomic mass is 10.2. The van der Waals surface area contributed by atoms with Crippen LogP contribution in [0.5, 0.6) is 11.5 Å². The van der Waals surface area contributed by atoms with Crippen LogP contribution in [0.3, 0.4) is 0 Å². The highest BCUT2D eigenvalue weighted by Crippen LogP contribution is 2.24. The number of ether oxygens (including phenoxy) is 2. The van der Waals surface area contributed by atoms with Crippen molar-refractivity contribution < 1.29 is 9.47 Å². The average Bonchev–Trinajstić information content (AvgIpc) is 2.43. The van der Waals surface area contributed by atoms with Gasteiger partial charge in [-0.15, -0.1) is 0 Å². The van der Waals surface area contributed by atoms with Crippen molar-refractivity contribution in [3.8, 4) is 17.6 Å². The summed E-state index contributed by atoms with van der Waals surface area (Å²) >= 11 is 11.7. The zero-order valence-electron chi connectivity index (χ0n) is 10.5. The van der Waals surface area contributed by atoms with Gasteiger partial charge in [-0.25, -0.2) is 0 Å². The summed E-state index contributed by atoms with van der Waals surface area (Å²) in [6.45, 7) is 0.715. The molecule has 0 amide bonds. The third-order valence-electron chi connectivity index (χ3n) is 2.42. The first kappa shape index (κ1) is 14.5. The van der Waals surface area contributed by atoms with Crippen LogP contribution < -0.4 is 9.47 Å². The highest BCUT2D eigenvalue weighted by atomic mass is 35.5. The molecule has 0 aliphatic heterocycles. The number of rotatable bonds is 5. The summed E-state index contributed by atoms with van der Waals surface area (Å²) < 4.78 is 11.0. The van der Waals surface area contributed by atoms with Crippen molar-refractivity contribution in [2.75, 3.05) is 13.2 Å². The zero-order chi connectivity index (χ0) is 14.4. The monoisotopic (exact) mass is 307 g/mol. The van der Waals surface area contributed by atoms with Crippen molar-refractivity contribution in [3.05, 3.63) is 58.1 Å². The van der Waals surface area contributed by atoms with Gasteiger partial charge in [-0.05, 0) is 36.4 Å². The maximum atomic E-state index is 8.78. The van der Waals surface area contributed by atoms with Crippen LogP contribution in [0.15, 0.2) is 42.5 Å². The van der Waals surface area contributed by atoms with Crippen LogP contribution in [0.4, 0.5) is 0 Å². The molecular weight excluding hydrogens is 297 g/mol. The Balaban J connectivity index is 1.83. The molecule has 0 aliphatic carbocycles. The second-order valence-electron chi connectivity index (χ2n) is 3.94. The molecule has 0 bridgehead atoms. The van der Waals surface area contributed by atoms with E-state index in [4.69, 9.17) is 37.9 Å². The Morgan fingerprint density at radius 3 is 2.20 bits per heavy atom. The molecule has 3 nitrogen and oxygen atoms in total. The molecule has 2 rings (SSSR count). The quantitative estimate of drug-likeness (QED) is 0.772. The minimum Gasteiger partial charge on any atom is -0.490 e. The molecule has 2 aromatic rings. The summed E-state index contributed by atoms with van der Waals surface area (Å²) in [5.41, 5.74) is 0.560. The molecule has 0 heterocycles. The van der Waals surface area contributed by atoms with Gasteiger partial charge in [-0.3, -0.25) is 0 Å². The van der Waals surface area contributed by atoms with Crippen LogP contribution in [0.2, 0.25) is 10.0 Å². The van der Waals surface area contributed by atoms with E-state index in [-0.39, 0.29) is 0 Å². The molecule has 5 heteroatoms. The van der Waals surface area contributed by atoms with E-state index in [1.54, 1.807) is 42.5 Å². The molecule has 0 N–H and O–H groups in total. The van der Waals surface area contributed by atoms with Gasteiger partial charge < -0.3 is 9.47 Å². The molecule has 0 aromatic heterocycles. The lowest BCUT2D eigenvalue weighted by Crippen LogP contribution is -2.09. The second kappa shape index (κ2) is 7.04. The molecule has 102 valence electrons. The normalized spacial score (nSPS) is 9.85. The van der Waals surface area contributed by atoms with E-state index in [1.165, 1.54) is 0 Å². The third kappa shape index (κ3) is 4.34. The first-order valence-electron chi connectivity index (χ1n) is 5.89. The average molecular weight is 308 g/mol. The summed E-state index contributed by atoms with van der Waals surface area (Å²) in [6, 6.07) is 14.0. The summed E-state index contributed by atoms with van der Waals surface area (Å²) in [4.78, 5) is 0. The fourth-order valence-corrected chi connectivity index (χ4v) is 2.09. The van der Waals surface area contributed by atoms with Gasteiger partial charge in [-0.1, -0.05) is 29.3 Å². The van der Waals surface area contributed by atoms with Crippen LogP contribution in [-0.4, -0.2) is 13.2 Å². The highest BCUT2D eigenvalue weighted by Gasteiger charge is 2.00. The number of hydrogen-bond acceptors (Lipinski definition) is 3. The maximum Gasteiger partial charge on any atom is 0.122 e. The molecule has 0 radical (unpaired) electrons. The fourth-order valence-electron chi connectivity index (χ4n) is 1.59. The van der Waals surface area contributed by atoms with E-state index in [0.29, 0.717) is 40.3 Å². The number of halogens is 2. The molecular formula is C15H11Cl2NO2. The van der Waals surface area contributed by atoms with Gasteiger partial charge in [0.2, 0.25) is 0 Å². The minimum atomic E-state index is 0.355. The van der Waals surface area contributed by atoms with E-state index in [2.05, 4.69) is 6.07 Å². The Bertz CT molecular complexity index is 618. The smallest absolute Gasteiger partial charge is 0.122 e. The summed E-state index contributed by atoms with van der Waals surface area (Å²) in [7, 11) is 0. The largest absolute Gasteiger partial charge is 0.490 e. The van der Waals surface area contributed by atoms with Gasteiger partial charge in [0.25, 0.3) is 0 Å². The standard InChI is InChI=1S/C15H11Cl2NO2/c16-12-7-13(17)9-15(8-12)20-5-4-19-14-3-1-2-11(6-14)10-18/h1-3,6-9H,4-5H2. The Labute approximate surface area is 127 Å². The first-order chi connectivity index (χ1) is 9.67. The van der Waals surface area contributed by atoms with Crippen molar-refractivity contribution in [3.63, 3.8) is 0 Å². The highest BCUT2D eigenvalue weighted by molar-refractivity contribution is 6.34. The van der Waals surface area contributed by atoms with Crippen molar-refractivity contribution in [1.29, 1.82) is 5.26 Å². The molecule has 0 aliphatic rings. The third-order valence-corrected chi connectivity index (χ3v) is 2.86. The van der Waals surface area contributed by atoms with Gasteiger partial charge in [0.1, 0.15) is 24.7 Å². The van der Waals surface area contributed by atoms with Gasteiger partial charge >= 0.3 is 0 Å². The van der Waals surface area contributed by atoms with Gasteiger partial charge in [0.15, 0.2) is 0 Å². The number of nitriles is 1. The van der Waals surface area contributed by atoms with Crippen LogP contribution in [0.25, 0.3) is 0 Å². The second-order valence-corrected chi connectivity index (χ2v) is 4.81. The number of hydrogen-bond donors (Lipinski definition) is 0. The molecule has 0 atom stereocenters. The Morgan fingerprint density at radius 1 is 0.900 bits per heavy atom. The van der Waals surface area contributed by atoms with Crippen molar-refractivity contribution in [2.45, 2.75) is 0 Å². The van der Waals surface area contributed by atoms with E-state index in [0.717, 1.165) is 0 Å². The predicted molar refractivity (Wildman–Crippen MR) is 78.6 cm³/mol. The summed E-state index contributed by atoms with van der Waals surface area (Å²) in [5, 5.41) is 9.83. The van der Waals surface area contributed by atoms with E-state index >= 15 is 0 Å². The first-order valence-corrected chi connectivity index (χ1v) is 6.65. The minimum absolute atomic E-state index is 0.355. The van der Waals surface area contributed by atoms with Crippen molar-refractivity contribution >= 4 is 23.2 Å². The van der Waals surface area contributed by atoms with Crippen molar-refractivity contribution in [1.82, 2.24) is 0 Å². The maximum absolute atomic E-state index is 8.78. The van der Waals surface area contributed by atoms with Gasteiger partial charge in [-0.2, -0.15) is 5.26 Å². The lowest BCUT2D eigenvalue weighted by molar-refractivity contribution is 0.217. The van der Waals surface area contributed by atoms with E-state index < -0.39 is 0 Å². The molecule has 0 fully saturated rings. The van der Waals surface area contributed by atoms with Gasteiger partial charge in [0.05, 0.1) is 11.6 Å². The topological polar surface area (TPSA) is 42.2 Å². The van der Waals surface area contributed by atoms with E-state index in [9.17, 15) is 0 Å². The van der Waals surface area contributed by atoms with Crippen LogP contribution in [0, 0.1) is 11.3 Å². The lowest BCUT2D eigenvalue weighted by Gasteiger charge is -2.09. The summed E-state index contributed by atoms with van der Waals surface area (Å²) in [6.07, 6.45) is 0. The molecule has 0 saturated heterocycles. The van der Waals surface area contributed by atoms with Gasteiger partial charge in [0, 0.05) is 10.0 Å². The molecule has 0 saturated carbocycles. The molecule has 2 aromatic carbocycles. The van der Waals surface area contributed by atoms with E-state index in [1.807, 2.05) is 0 Å². The molecule has 0 spiro atoms. The Hall–Kier alpha value is -1.89. The molecule has 0 unspecified atom stereocenters. The van der Waals surface area contributed by atoms with Crippen LogP contribution in [-0.2, 0) is 0 Å². The fraction of sp³-hybridized carbons (Fsp3) is 0.133. The number of benzene rings is 2. The van der Waals surface area contributed by atoms with Crippen molar-refractivity contribution in [2.24, 2.45) is 0 Å². The Morgan fingerprint density at radius 2 is 1.55 bits per heavy atom. The van der Waals surface area contributed by atoms with Crippen LogP contribution >= 0.6 is 23.2 Å². The zero-order valence-corrected chi connectivity index (χ0v) is 12.0. The van der Waals surface area contributed by atoms with Crippen LogP contribution in [0.1, 0.15) is 5.56 Å². The summed E-state index contributed by atoms with van der Waals surface area (Å²) in [5.74, 6) is 1.23. The SMILES string of the molecule is N#Cc1cccc(OCCOc2cc(Cl)cc(Cl)c2)c1. The molecule has 20 heavy (non-hydrogen) atoms.